The molecule has 2 N–H and O–H groups in total. The van der Waals surface area contributed by atoms with Gasteiger partial charge >= 0.3 is 0 Å². The molecule has 0 saturated heterocycles. The van der Waals surface area contributed by atoms with Crippen molar-refractivity contribution in [2.24, 2.45) is 5.73 Å². The summed E-state index contributed by atoms with van der Waals surface area (Å²) in [5.41, 5.74) is 9.20. The molecule has 0 atom stereocenters. The van der Waals surface area contributed by atoms with Crippen LogP contribution in [0, 0.1) is 0 Å². The second-order valence-electron chi connectivity index (χ2n) is 3.16. The molecule has 14 heavy (non-hydrogen) atoms. The van der Waals surface area contributed by atoms with Crippen molar-refractivity contribution in [1.29, 1.82) is 0 Å². The molecular formula is C12H18N2. The van der Waals surface area contributed by atoms with Gasteiger partial charge in [0, 0.05) is 25.4 Å². The minimum absolute atomic E-state index is 0.861. The van der Waals surface area contributed by atoms with Crippen LogP contribution >= 0.6 is 0 Å². The summed E-state index contributed by atoms with van der Waals surface area (Å²) in [6.07, 6.45) is 1.97. The van der Waals surface area contributed by atoms with Crippen LogP contribution in [0.15, 0.2) is 30.5 Å². The van der Waals surface area contributed by atoms with Crippen LogP contribution < -0.4 is 5.73 Å². The van der Waals surface area contributed by atoms with Crippen LogP contribution in [-0.4, -0.2) is 11.9 Å². The van der Waals surface area contributed by atoms with Gasteiger partial charge in [-0.05, 0) is 5.56 Å². The summed E-state index contributed by atoms with van der Waals surface area (Å²) in [5, 5.41) is 0. The predicted molar refractivity (Wildman–Crippen MR) is 61.4 cm³/mol. The van der Waals surface area contributed by atoms with E-state index in [1.807, 2.05) is 39.2 Å². The van der Waals surface area contributed by atoms with Crippen molar-refractivity contribution in [2.75, 3.05) is 7.05 Å². The molecule has 0 unspecified atom stereocenters. The summed E-state index contributed by atoms with van der Waals surface area (Å²) in [4.78, 5) is 2.09. The number of hydrogen-bond acceptors (Lipinski definition) is 2. The highest BCUT2D eigenvalue weighted by atomic mass is 15.1. The van der Waals surface area contributed by atoms with Gasteiger partial charge in [-0.3, -0.25) is 0 Å². The first kappa shape index (κ1) is 10.6. The first-order chi connectivity index (χ1) is 6.77. The van der Waals surface area contributed by atoms with Crippen LogP contribution in [0.25, 0.3) is 5.70 Å². The number of nitrogens with two attached hydrogens (primary N) is 1. The Morgan fingerprint density at radius 3 is 2.57 bits per heavy atom. The van der Waals surface area contributed by atoms with Crippen molar-refractivity contribution in [2.45, 2.75) is 20.4 Å². The maximum atomic E-state index is 5.86. The lowest BCUT2D eigenvalue weighted by Crippen LogP contribution is -2.19. The molecule has 1 aromatic rings. The molecular weight excluding hydrogens is 172 g/mol. The first-order valence-corrected chi connectivity index (χ1v) is 5.03. The average Bonchev–Trinajstić information content (AvgIpc) is 2.20. The van der Waals surface area contributed by atoms with Crippen LogP contribution in [0.1, 0.15) is 25.0 Å². The SMILES string of the molecule is CC.CN1C=C(N)c2ccccc2C1. The third kappa shape index (κ3) is 2.08. The summed E-state index contributed by atoms with van der Waals surface area (Å²) < 4.78 is 0. The average molecular weight is 190 g/mol. The van der Waals surface area contributed by atoms with Gasteiger partial charge in [0.05, 0.1) is 5.70 Å². The van der Waals surface area contributed by atoms with Gasteiger partial charge in [-0.25, -0.2) is 0 Å². The van der Waals surface area contributed by atoms with E-state index in [9.17, 15) is 0 Å². The number of rotatable bonds is 0. The molecule has 0 aromatic heterocycles. The van der Waals surface area contributed by atoms with Gasteiger partial charge in [0.25, 0.3) is 0 Å². The number of fused-ring (bicyclic) bond motifs is 1. The van der Waals surface area contributed by atoms with Crippen LogP contribution in [0.5, 0.6) is 0 Å². The quantitative estimate of drug-likeness (QED) is 0.680. The van der Waals surface area contributed by atoms with E-state index in [4.69, 9.17) is 5.73 Å². The standard InChI is InChI=1S/C10H12N2.C2H6/c1-12-6-8-4-2-3-5-9(8)10(11)7-12;1-2/h2-5,7H,6,11H2,1H3;1-2H3. The van der Waals surface area contributed by atoms with E-state index in [0.29, 0.717) is 0 Å². The van der Waals surface area contributed by atoms with Gasteiger partial charge in [0.15, 0.2) is 0 Å². The molecule has 0 amide bonds. The zero-order valence-corrected chi connectivity index (χ0v) is 9.12. The molecule has 1 aromatic carbocycles. The fourth-order valence-corrected chi connectivity index (χ4v) is 1.56. The third-order valence-corrected chi connectivity index (χ3v) is 2.11. The van der Waals surface area contributed by atoms with Crippen molar-refractivity contribution in [3.05, 3.63) is 41.6 Å². The molecule has 76 valence electrons. The highest BCUT2D eigenvalue weighted by Crippen LogP contribution is 2.21. The second kappa shape index (κ2) is 4.70. The highest BCUT2D eigenvalue weighted by Gasteiger charge is 2.10. The Balaban J connectivity index is 0.000000461. The molecule has 2 heteroatoms. The van der Waals surface area contributed by atoms with Crippen molar-refractivity contribution >= 4 is 5.70 Å². The number of nitrogens with zero attached hydrogens (tertiary/aromatic N) is 1. The Morgan fingerprint density at radius 2 is 1.86 bits per heavy atom. The Hall–Kier alpha value is -1.44. The third-order valence-electron chi connectivity index (χ3n) is 2.11. The molecule has 1 aliphatic heterocycles. The molecule has 1 aliphatic rings. The van der Waals surface area contributed by atoms with Gasteiger partial charge in [0.2, 0.25) is 0 Å². The molecule has 0 radical (unpaired) electrons. The smallest absolute Gasteiger partial charge is 0.0552 e. The zero-order chi connectivity index (χ0) is 10.6. The Labute approximate surface area is 86.0 Å². The molecule has 0 spiro atoms. The number of hydrogen-bond donors (Lipinski definition) is 1. The van der Waals surface area contributed by atoms with Gasteiger partial charge in [-0.1, -0.05) is 38.1 Å². The Kier molecular flexibility index (Phi) is 3.57. The minimum Gasteiger partial charge on any atom is -0.397 e. The largest absolute Gasteiger partial charge is 0.397 e. The molecule has 0 saturated carbocycles. The van der Waals surface area contributed by atoms with Gasteiger partial charge in [-0.15, -0.1) is 0 Å². The van der Waals surface area contributed by atoms with Crippen molar-refractivity contribution in [3.63, 3.8) is 0 Å². The van der Waals surface area contributed by atoms with E-state index in [1.165, 1.54) is 11.1 Å². The minimum atomic E-state index is 0.861. The van der Waals surface area contributed by atoms with E-state index in [0.717, 1.165) is 12.2 Å². The molecule has 1 heterocycles. The molecule has 2 rings (SSSR count). The molecule has 2 nitrogen and oxygen atoms in total. The lowest BCUT2D eigenvalue weighted by molar-refractivity contribution is 0.445. The van der Waals surface area contributed by atoms with Crippen LogP contribution in [0.4, 0.5) is 0 Å². The number of benzene rings is 1. The van der Waals surface area contributed by atoms with E-state index < -0.39 is 0 Å². The van der Waals surface area contributed by atoms with Crippen molar-refractivity contribution in [1.82, 2.24) is 4.90 Å². The lowest BCUT2D eigenvalue weighted by atomic mass is 10.0. The predicted octanol–water partition coefficient (Wildman–Crippen LogP) is 2.42. The Bertz CT molecular complexity index is 329. The second-order valence-corrected chi connectivity index (χ2v) is 3.16. The Morgan fingerprint density at radius 1 is 1.21 bits per heavy atom. The van der Waals surface area contributed by atoms with E-state index >= 15 is 0 Å². The topological polar surface area (TPSA) is 29.3 Å². The van der Waals surface area contributed by atoms with Crippen LogP contribution in [0.3, 0.4) is 0 Å². The van der Waals surface area contributed by atoms with Crippen molar-refractivity contribution < 1.29 is 0 Å². The normalized spacial score (nSPS) is 13.6. The molecule has 0 bridgehead atoms. The van der Waals surface area contributed by atoms with Gasteiger partial charge in [0.1, 0.15) is 0 Å². The maximum Gasteiger partial charge on any atom is 0.0552 e. The highest BCUT2D eigenvalue weighted by molar-refractivity contribution is 5.66. The van der Waals surface area contributed by atoms with Gasteiger partial charge < -0.3 is 10.6 Å². The fourth-order valence-electron chi connectivity index (χ4n) is 1.56. The first-order valence-electron chi connectivity index (χ1n) is 5.03. The van der Waals surface area contributed by atoms with E-state index in [-0.39, 0.29) is 0 Å². The summed E-state index contributed by atoms with van der Waals surface area (Å²) in [5.74, 6) is 0. The zero-order valence-electron chi connectivity index (χ0n) is 9.12. The maximum absolute atomic E-state index is 5.86. The summed E-state index contributed by atoms with van der Waals surface area (Å²) in [7, 11) is 2.03. The lowest BCUT2D eigenvalue weighted by Gasteiger charge is -2.23. The van der Waals surface area contributed by atoms with E-state index in [2.05, 4.69) is 17.0 Å². The molecule has 0 aliphatic carbocycles. The van der Waals surface area contributed by atoms with Crippen LogP contribution in [0.2, 0.25) is 0 Å². The fraction of sp³-hybridized carbons (Fsp3) is 0.333. The summed E-state index contributed by atoms with van der Waals surface area (Å²) >= 11 is 0. The summed E-state index contributed by atoms with van der Waals surface area (Å²) in [6, 6.07) is 8.25. The van der Waals surface area contributed by atoms with Gasteiger partial charge in [-0.2, -0.15) is 0 Å². The van der Waals surface area contributed by atoms with Crippen LogP contribution in [-0.2, 0) is 6.54 Å². The van der Waals surface area contributed by atoms with E-state index in [1.54, 1.807) is 0 Å². The monoisotopic (exact) mass is 190 g/mol. The van der Waals surface area contributed by atoms with Crippen molar-refractivity contribution in [3.8, 4) is 0 Å². The molecule has 0 fully saturated rings. The summed E-state index contributed by atoms with van der Waals surface area (Å²) in [6.45, 7) is 4.96.